The second kappa shape index (κ2) is 5.65. The van der Waals surface area contributed by atoms with Crippen LogP contribution < -0.4 is 0 Å². The maximum atomic E-state index is 10.5. The van der Waals surface area contributed by atoms with E-state index in [1.165, 1.54) is 0 Å². The molecule has 1 unspecified atom stereocenters. The van der Waals surface area contributed by atoms with Crippen LogP contribution in [0.25, 0.3) is 11.1 Å². The van der Waals surface area contributed by atoms with E-state index in [4.69, 9.17) is 0 Å². The zero-order valence-electron chi connectivity index (χ0n) is 10.8. The molecule has 0 aliphatic heterocycles. The monoisotopic (exact) mass is 327 g/mol. The summed E-state index contributed by atoms with van der Waals surface area (Å²) >= 11 is 3.44. The highest BCUT2D eigenvalue weighted by Gasteiger charge is 2.16. The largest absolute Gasteiger partial charge is 0.384 e. The van der Waals surface area contributed by atoms with Crippen LogP contribution in [0.1, 0.15) is 17.2 Å². The first kappa shape index (κ1) is 13.2. The standard InChI is InChI=1S/C17H14BrNO/c18-14-8-6-12(7-9-14)15-10-19-11-16(15)17(20)13-4-2-1-3-5-13/h1-11,17,19-20H. The van der Waals surface area contributed by atoms with Crippen LogP contribution in [-0.4, -0.2) is 10.1 Å². The van der Waals surface area contributed by atoms with Gasteiger partial charge in [0.05, 0.1) is 0 Å². The van der Waals surface area contributed by atoms with Crippen LogP contribution in [0.2, 0.25) is 0 Å². The molecule has 1 atom stereocenters. The summed E-state index contributed by atoms with van der Waals surface area (Å²) in [6.07, 6.45) is 3.15. The fourth-order valence-corrected chi connectivity index (χ4v) is 2.56. The van der Waals surface area contributed by atoms with E-state index >= 15 is 0 Å². The van der Waals surface area contributed by atoms with Crippen molar-refractivity contribution < 1.29 is 5.11 Å². The Labute approximate surface area is 126 Å². The van der Waals surface area contributed by atoms with E-state index in [2.05, 4.69) is 20.9 Å². The lowest BCUT2D eigenvalue weighted by Crippen LogP contribution is -1.99. The molecule has 100 valence electrons. The molecule has 2 N–H and O–H groups in total. The molecule has 0 saturated heterocycles. The molecular weight excluding hydrogens is 314 g/mol. The Hall–Kier alpha value is -1.84. The predicted molar refractivity (Wildman–Crippen MR) is 84.4 cm³/mol. The first-order valence-corrected chi connectivity index (χ1v) is 7.20. The van der Waals surface area contributed by atoms with Gasteiger partial charge in [0.1, 0.15) is 6.10 Å². The smallest absolute Gasteiger partial charge is 0.106 e. The molecule has 0 bridgehead atoms. The molecular formula is C17H14BrNO. The number of halogens is 1. The molecule has 3 heteroatoms. The Kier molecular flexibility index (Phi) is 3.72. The average molecular weight is 328 g/mol. The summed E-state index contributed by atoms with van der Waals surface area (Å²) in [6.45, 7) is 0. The van der Waals surface area contributed by atoms with Gasteiger partial charge in [-0.1, -0.05) is 58.4 Å². The third-order valence-electron chi connectivity index (χ3n) is 3.34. The summed E-state index contributed by atoms with van der Waals surface area (Å²) in [5.74, 6) is 0. The van der Waals surface area contributed by atoms with Crippen molar-refractivity contribution in [1.82, 2.24) is 4.98 Å². The van der Waals surface area contributed by atoms with E-state index in [1.807, 2.05) is 67.0 Å². The Morgan fingerprint density at radius 2 is 1.60 bits per heavy atom. The molecule has 3 aromatic rings. The van der Waals surface area contributed by atoms with Crippen molar-refractivity contribution in [1.29, 1.82) is 0 Å². The van der Waals surface area contributed by atoms with Gasteiger partial charge < -0.3 is 10.1 Å². The Balaban J connectivity index is 2.00. The van der Waals surface area contributed by atoms with Gasteiger partial charge in [-0.25, -0.2) is 0 Å². The van der Waals surface area contributed by atoms with Gasteiger partial charge in [0.2, 0.25) is 0 Å². The number of hydrogen-bond acceptors (Lipinski definition) is 1. The lowest BCUT2D eigenvalue weighted by atomic mass is 9.97. The molecule has 2 nitrogen and oxygen atoms in total. The normalized spacial score (nSPS) is 12.3. The van der Waals surface area contributed by atoms with Crippen LogP contribution in [0, 0.1) is 0 Å². The van der Waals surface area contributed by atoms with Gasteiger partial charge >= 0.3 is 0 Å². The molecule has 0 spiro atoms. The van der Waals surface area contributed by atoms with Crippen LogP contribution in [0.5, 0.6) is 0 Å². The van der Waals surface area contributed by atoms with Crippen LogP contribution in [-0.2, 0) is 0 Å². The topological polar surface area (TPSA) is 36.0 Å². The van der Waals surface area contributed by atoms with Crippen molar-refractivity contribution in [2.45, 2.75) is 6.10 Å². The minimum Gasteiger partial charge on any atom is -0.384 e. The predicted octanol–water partition coefficient (Wildman–Crippen LogP) is 4.53. The number of aliphatic hydroxyl groups excluding tert-OH is 1. The van der Waals surface area contributed by atoms with E-state index in [0.717, 1.165) is 26.7 Å². The number of benzene rings is 2. The SMILES string of the molecule is OC(c1ccccc1)c1c[nH]cc1-c1ccc(Br)cc1. The Bertz CT molecular complexity index is 689. The first-order valence-electron chi connectivity index (χ1n) is 6.41. The molecule has 0 fully saturated rings. The highest BCUT2D eigenvalue weighted by molar-refractivity contribution is 9.10. The second-order valence-electron chi connectivity index (χ2n) is 4.64. The van der Waals surface area contributed by atoms with Crippen LogP contribution in [0.15, 0.2) is 71.5 Å². The van der Waals surface area contributed by atoms with Crippen molar-refractivity contribution in [3.63, 3.8) is 0 Å². The third kappa shape index (κ3) is 2.55. The highest BCUT2D eigenvalue weighted by atomic mass is 79.9. The zero-order valence-corrected chi connectivity index (χ0v) is 12.3. The molecule has 0 amide bonds. The maximum Gasteiger partial charge on any atom is 0.106 e. The summed E-state index contributed by atoms with van der Waals surface area (Å²) < 4.78 is 1.04. The van der Waals surface area contributed by atoms with Crippen LogP contribution >= 0.6 is 15.9 Å². The zero-order chi connectivity index (χ0) is 13.9. The molecule has 2 aromatic carbocycles. The van der Waals surface area contributed by atoms with E-state index in [9.17, 15) is 5.11 Å². The average Bonchev–Trinajstić information content (AvgIpc) is 2.97. The van der Waals surface area contributed by atoms with Crippen molar-refractivity contribution in [2.24, 2.45) is 0 Å². The molecule has 0 aliphatic carbocycles. The Morgan fingerprint density at radius 3 is 2.30 bits per heavy atom. The molecule has 0 radical (unpaired) electrons. The van der Waals surface area contributed by atoms with Crippen molar-refractivity contribution in [2.75, 3.05) is 0 Å². The van der Waals surface area contributed by atoms with Crippen molar-refractivity contribution in [3.8, 4) is 11.1 Å². The number of rotatable bonds is 3. The highest BCUT2D eigenvalue weighted by Crippen LogP contribution is 2.32. The second-order valence-corrected chi connectivity index (χ2v) is 5.56. The van der Waals surface area contributed by atoms with E-state index in [-0.39, 0.29) is 0 Å². The van der Waals surface area contributed by atoms with Gasteiger partial charge in [-0.3, -0.25) is 0 Å². The van der Waals surface area contributed by atoms with Crippen molar-refractivity contribution in [3.05, 3.63) is 82.6 Å². The quantitative estimate of drug-likeness (QED) is 0.728. The van der Waals surface area contributed by atoms with Gasteiger partial charge in [0, 0.05) is 28.0 Å². The summed E-state index contributed by atoms with van der Waals surface area (Å²) in [5, 5.41) is 10.5. The number of hydrogen-bond donors (Lipinski definition) is 2. The van der Waals surface area contributed by atoms with Gasteiger partial charge in [0.15, 0.2) is 0 Å². The number of aliphatic hydroxyl groups is 1. The van der Waals surface area contributed by atoms with Gasteiger partial charge in [-0.15, -0.1) is 0 Å². The summed E-state index contributed by atoms with van der Waals surface area (Å²) in [4.78, 5) is 3.09. The number of aromatic amines is 1. The molecule has 1 aromatic heterocycles. The minimum atomic E-state index is -0.624. The van der Waals surface area contributed by atoms with Gasteiger partial charge in [0.25, 0.3) is 0 Å². The fraction of sp³-hybridized carbons (Fsp3) is 0.0588. The van der Waals surface area contributed by atoms with Crippen LogP contribution in [0.4, 0.5) is 0 Å². The minimum absolute atomic E-state index is 0.624. The lowest BCUT2D eigenvalue weighted by Gasteiger charge is -2.12. The van der Waals surface area contributed by atoms with E-state index in [0.29, 0.717) is 0 Å². The van der Waals surface area contributed by atoms with Crippen LogP contribution in [0.3, 0.4) is 0 Å². The first-order chi connectivity index (χ1) is 9.75. The molecule has 0 aliphatic rings. The van der Waals surface area contributed by atoms with E-state index < -0.39 is 6.10 Å². The van der Waals surface area contributed by atoms with Gasteiger partial charge in [-0.05, 0) is 23.3 Å². The molecule has 20 heavy (non-hydrogen) atoms. The number of aromatic nitrogens is 1. The number of H-pyrrole nitrogens is 1. The molecule has 0 saturated carbocycles. The molecule has 3 rings (SSSR count). The third-order valence-corrected chi connectivity index (χ3v) is 3.87. The summed E-state index contributed by atoms with van der Waals surface area (Å²) in [6, 6.07) is 17.8. The lowest BCUT2D eigenvalue weighted by molar-refractivity contribution is 0.221. The molecule has 1 heterocycles. The van der Waals surface area contributed by atoms with Crippen molar-refractivity contribution >= 4 is 15.9 Å². The number of nitrogens with one attached hydrogen (secondary N) is 1. The fourth-order valence-electron chi connectivity index (χ4n) is 2.30. The van der Waals surface area contributed by atoms with E-state index in [1.54, 1.807) is 0 Å². The Morgan fingerprint density at radius 1 is 0.900 bits per heavy atom. The summed E-state index contributed by atoms with van der Waals surface area (Å²) in [7, 11) is 0. The summed E-state index contributed by atoms with van der Waals surface area (Å²) in [5.41, 5.74) is 3.89. The maximum absolute atomic E-state index is 10.5. The van der Waals surface area contributed by atoms with Gasteiger partial charge in [-0.2, -0.15) is 0 Å².